The van der Waals surface area contributed by atoms with E-state index in [4.69, 9.17) is 14.2 Å². The third-order valence-corrected chi connectivity index (χ3v) is 12.2. The van der Waals surface area contributed by atoms with Crippen molar-refractivity contribution in [2.75, 3.05) is 67.4 Å². The number of esters is 1. The smallest absolute Gasteiger partial charge is 0.328 e. The van der Waals surface area contributed by atoms with Crippen molar-refractivity contribution in [1.82, 2.24) is 25.3 Å². The summed E-state index contributed by atoms with van der Waals surface area (Å²) in [5.41, 5.74) is 3.08. The minimum Gasteiger partial charge on any atom is -0.467 e. The van der Waals surface area contributed by atoms with E-state index in [0.717, 1.165) is 30.5 Å². The highest BCUT2D eigenvalue weighted by molar-refractivity contribution is 5.88. The molecule has 368 valence electrons. The van der Waals surface area contributed by atoms with E-state index in [0.29, 0.717) is 19.5 Å². The summed E-state index contributed by atoms with van der Waals surface area (Å²) < 4.78 is 16.9. The third-order valence-electron chi connectivity index (χ3n) is 12.2. The Bertz CT molecular complexity index is 1680. The van der Waals surface area contributed by atoms with Crippen LogP contribution in [0.15, 0.2) is 54.6 Å². The molecule has 1 aliphatic heterocycles. The Morgan fingerprint density at radius 2 is 1.46 bits per heavy atom. The van der Waals surface area contributed by atoms with Gasteiger partial charge in [-0.15, -0.1) is 0 Å². The molecule has 0 aromatic heterocycles. The van der Waals surface area contributed by atoms with Gasteiger partial charge in [0, 0.05) is 53.5 Å². The number of carbonyl (C=O) groups is 5. The standard InChI is InChI=1S/C46H72N6O8.C3H8.C2H6/c1-12-31(4)42(51(8)40(54)29-48-45(56)41(30(2)3)50(7)26-24-33-20-22-35(47-6)23-21-33)38(58-9)28-39(53)52-25-16-19-37(52)43(59-10)32(5)44(55)49-36(46(57)60-11)27-34-17-14-13-15-18-34;1-3-2;1-2/h13-15,17-18,20-23,30-32,36-38,41-43,47H,12,16,19,24-29H2,1-11H3,(H,48,56)(H,49,55);3H2,1-2H3;1-2H3/t31-,32+,36-,37-,38+,41?,42?,43+;;/m0../s1. The van der Waals surface area contributed by atoms with Crippen LogP contribution in [-0.4, -0.2) is 143 Å². The number of anilines is 1. The quantitative estimate of drug-likeness (QED) is 0.0980. The molecule has 14 heteroatoms. The van der Waals surface area contributed by atoms with E-state index in [1.165, 1.54) is 26.2 Å². The zero-order valence-electron chi connectivity index (χ0n) is 42.6. The first-order valence-electron chi connectivity index (χ1n) is 23.8. The summed E-state index contributed by atoms with van der Waals surface area (Å²) in [6, 6.07) is 15.4. The summed E-state index contributed by atoms with van der Waals surface area (Å²) in [4.78, 5) is 73.4. The van der Waals surface area contributed by atoms with Gasteiger partial charge in [0.05, 0.1) is 56.3 Å². The van der Waals surface area contributed by atoms with Crippen LogP contribution in [0.3, 0.4) is 0 Å². The number of rotatable bonds is 24. The van der Waals surface area contributed by atoms with Crippen LogP contribution in [0.25, 0.3) is 0 Å². The molecular weight excluding hydrogens is 825 g/mol. The molecule has 3 rings (SSSR count). The summed E-state index contributed by atoms with van der Waals surface area (Å²) in [6.45, 7) is 19.0. The van der Waals surface area contributed by atoms with Crippen LogP contribution in [0.5, 0.6) is 0 Å². The van der Waals surface area contributed by atoms with E-state index >= 15 is 0 Å². The van der Waals surface area contributed by atoms with Gasteiger partial charge in [-0.25, -0.2) is 4.79 Å². The largest absolute Gasteiger partial charge is 0.467 e. The van der Waals surface area contributed by atoms with Gasteiger partial charge in [0.2, 0.25) is 23.6 Å². The Morgan fingerprint density at radius 1 is 0.846 bits per heavy atom. The summed E-state index contributed by atoms with van der Waals surface area (Å²) >= 11 is 0. The minimum absolute atomic E-state index is 0.00237. The molecule has 1 fully saturated rings. The van der Waals surface area contributed by atoms with E-state index in [-0.39, 0.29) is 54.9 Å². The maximum Gasteiger partial charge on any atom is 0.328 e. The molecule has 4 amide bonds. The number of likely N-dealkylation sites (N-methyl/N-ethyl adjacent to an activating group) is 2. The SMILES string of the molecule is CC.CCC.CC[C@H](C)C([C@@H](CC(=O)N1CCC[C@H]1[C@H](OC)[C@@H](C)C(=O)N[C@@H](Cc1ccccc1)C(=O)OC)OC)N(C)C(=O)CNC(=O)C(C(C)C)N(C)CCc1ccc(NC)cc1. The summed E-state index contributed by atoms with van der Waals surface area (Å²) in [6.07, 6.45) is 3.08. The monoisotopic (exact) mass is 911 g/mol. The molecule has 1 heterocycles. The van der Waals surface area contributed by atoms with Gasteiger partial charge in [-0.1, -0.05) is 118 Å². The van der Waals surface area contributed by atoms with Crippen molar-refractivity contribution in [3.05, 3.63) is 65.7 Å². The fraction of sp³-hybridized carbons (Fsp3) is 0.667. The van der Waals surface area contributed by atoms with Crippen LogP contribution < -0.4 is 16.0 Å². The number of hydrogen-bond acceptors (Lipinski definition) is 10. The third kappa shape index (κ3) is 18.3. The van der Waals surface area contributed by atoms with Crippen molar-refractivity contribution in [1.29, 1.82) is 0 Å². The number of nitrogens with one attached hydrogen (secondary N) is 3. The van der Waals surface area contributed by atoms with E-state index in [2.05, 4.69) is 41.9 Å². The zero-order chi connectivity index (χ0) is 49.2. The minimum atomic E-state index is -0.894. The number of carbonyl (C=O) groups excluding carboxylic acids is 5. The van der Waals surface area contributed by atoms with Crippen molar-refractivity contribution in [2.24, 2.45) is 17.8 Å². The molecule has 0 radical (unpaired) electrons. The van der Waals surface area contributed by atoms with Gasteiger partial charge in [0.15, 0.2) is 0 Å². The van der Waals surface area contributed by atoms with Crippen molar-refractivity contribution < 1.29 is 38.2 Å². The zero-order valence-corrected chi connectivity index (χ0v) is 42.6. The van der Waals surface area contributed by atoms with Gasteiger partial charge in [0.25, 0.3) is 0 Å². The van der Waals surface area contributed by atoms with Gasteiger partial charge in [-0.3, -0.25) is 24.1 Å². The first-order chi connectivity index (χ1) is 31.0. The van der Waals surface area contributed by atoms with Gasteiger partial charge in [-0.2, -0.15) is 0 Å². The van der Waals surface area contributed by atoms with E-state index in [9.17, 15) is 24.0 Å². The van der Waals surface area contributed by atoms with Gasteiger partial charge in [0.1, 0.15) is 6.04 Å². The molecule has 2 unspecified atom stereocenters. The number of hydrogen-bond donors (Lipinski definition) is 3. The molecule has 0 spiro atoms. The number of nitrogens with zero attached hydrogens (tertiary/aromatic N) is 3. The lowest BCUT2D eigenvalue weighted by atomic mass is 9.90. The predicted octanol–water partition coefficient (Wildman–Crippen LogP) is 6.61. The highest BCUT2D eigenvalue weighted by Crippen LogP contribution is 2.29. The molecule has 1 saturated heterocycles. The van der Waals surface area contributed by atoms with Gasteiger partial charge < -0.3 is 40.0 Å². The Labute approximate surface area is 392 Å². The maximum atomic E-state index is 14.2. The van der Waals surface area contributed by atoms with Crippen LogP contribution >= 0.6 is 0 Å². The van der Waals surface area contributed by atoms with Crippen LogP contribution in [-0.2, 0) is 51.0 Å². The first-order valence-corrected chi connectivity index (χ1v) is 23.8. The number of amides is 4. The molecular formula is C51H86N6O8. The second-order valence-electron chi connectivity index (χ2n) is 17.2. The Morgan fingerprint density at radius 3 is 1.98 bits per heavy atom. The van der Waals surface area contributed by atoms with Gasteiger partial charge >= 0.3 is 5.97 Å². The molecule has 3 N–H and O–H groups in total. The highest BCUT2D eigenvalue weighted by Gasteiger charge is 2.42. The summed E-state index contributed by atoms with van der Waals surface area (Å²) in [5, 5.41) is 8.89. The van der Waals surface area contributed by atoms with Gasteiger partial charge in [-0.05, 0) is 61.4 Å². The summed E-state index contributed by atoms with van der Waals surface area (Å²) in [7, 11) is 9.88. The van der Waals surface area contributed by atoms with E-state index in [1.54, 1.807) is 30.9 Å². The van der Waals surface area contributed by atoms with Crippen molar-refractivity contribution in [3.63, 3.8) is 0 Å². The first kappa shape index (κ1) is 58.5. The van der Waals surface area contributed by atoms with Crippen LogP contribution in [0.1, 0.15) is 106 Å². The molecule has 0 bridgehead atoms. The lowest BCUT2D eigenvalue weighted by Crippen LogP contribution is -2.55. The molecule has 0 aliphatic carbocycles. The lowest BCUT2D eigenvalue weighted by Gasteiger charge is -2.39. The maximum absolute atomic E-state index is 14.2. The molecule has 1 aliphatic rings. The Balaban J connectivity index is 0.00000405. The van der Waals surface area contributed by atoms with Crippen LogP contribution in [0.2, 0.25) is 0 Å². The number of ether oxygens (including phenoxy) is 3. The lowest BCUT2D eigenvalue weighted by molar-refractivity contribution is -0.148. The fourth-order valence-electron chi connectivity index (χ4n) is 8.50. The van der Waals surface area contributed by atoms with Crippen LogP contribution in [0, 0.1) is 17.8 Å². The molecule has 0 saturated carbocycles. The second kappa shape index (κ2) is 31.4. The van der Waals surface area contributed by atoms with E-state index < -0.39 is 48.3 Å². The van der Waals surface area contributed by atoms with Crippen molar-refractivity contribution in [3.8, 4) is 0 Å². The van der Waals surface area contributed by atoms with Crippen molar-refractivity contribution >= 4 is 35.3 Å². The molecule has 65 heavy (non-hydrogen) atoms. The Hall–Kier alpha value is -4.53. The number of benzene rings is 2. The average Bonchev–Trinajstić information content (AvgIpc) is 3.80. The summed E-state index contributed by atoms with van der Waals surface area (Å²) in [5.74, 6) is -2.33. The van der Waals surface area contributed by atoms with Crippen molar-refractivity contribution in [2.45, 2.75) is 144 Å². The van der Waals surface area contributed by atoms with E-state index in [1.807, 2.05) is 103 Å². The number of likely N-dealkylation sites (tertiary alicyclic amines) is 1. The predicted molar refractivity (Wildman–Crippen MR) is 261 cm³/mol. The fourth-order valence-corrected chi connectivity index (χ4v) is 8.50. The highest BCUT2D eigenvalue weighted by atomic mass is 16.5. The normalized spacial score (nSPS) is 16.6. The van der Waals surface area contributed by atoms with Crippen LogP contribution in [0.4, 0.5) is 5.69 Å². The number of methoxy groups -OCH3 is 3. The molecule has 14 nitrogen and oxygen atoms in total. The molecule has 2 aromatic rings. The Kier molecular flexibility index (Phi) is 28.3. The second-order valence-corrected chi connectivity index (χ2v) is 17.2. The topological polar surface area (TPSA) is 159 Å². The molecule has 8 atom stereocenters. The molecule has 2 aromatic carbocycles. The average molecular weight is 911 g/mol.